The zero-order valence-electron chi connectivity index (χ0n) is 13.8. The van der Waals surface area contributed by atoms with E-state index < -0.39 is 28.8 Å². The monoisotopic (exact) mass is 389 g/mol. The van der Waals surface area contributed by atoms with Gasteiger partial charge in [0.05, 0.1) is 4.91 Å². The lowest BCUT2D eigenvalue weighted by Crippen LogP contribution is -2.37. The van der Waals surface area contributed by atoms with Crippen LogP contribution in [0.3, 0.4) is 0 Å². The van der Waals surface area contributed by atoms with Gasteiger partial charge in [0.15, 0.2) is 0 Å². The standard InChI is InChI=1S/C18H13F2N3O3S/c19-13-3-1-11(2-4-13)9-14-17(25)23(18(26)27-14)8-7-22-16(24)12-5-6-21-15(20)10-12/h1-6,9-10H,7-8H2,(H,22,24). The second kappa shape index (κ2) is 8.09. The maximum Gasteiger partial charge on any atom is 0.293 e. The number of amides is 3. The van der Waals surface area contributed by atoms with Gasteiger partial charge in [-0.05, 0) is 41.6 Å². The Hall–Kier alpha value is -3.07. The van der Waals surface area contributed by atoms with Crippen LogP contribution in [0.2, 0.25) is 0 Å². The molecule has 1 aromatic heterocycles. The van der Waals surface area contributed by atoms with E-state index >= 15 is 0 Å². The molecule has 6 nitrogen and oxygen atoms in total. The molecule has 3 rings (SSSR count). The molecule has 0 atom stereocenters. The summed E-state index contributed by atoms with van der Waals surface area (Å²) in [5, 5.41) is 2.05. The lowest BCUT2D eigenvalue weighted by molar-refractivity contribution is -0.122. The van der Waals surface area contributed by atoms with Crippen LogP contribution in [0.4, 0.5) is 13.6 Å². The predicted molar refractivity (Wildman–Crippen MR) is 95.6 cm³/mol. The quantitative estimate of drug-likeness (QED) is 0.628. The molecular weight excluding hydrogens is 376 g/mol. The molecule has 2 aromatic rings. The molecule has 1 saturated heterocycles. The Kier molecular flexibility index (Phi) is 5.60. The maximum absolute atomic E-state index is 13.0. The molecule has 0 bridgehead atoms. The largest absolute Gasteiger partial charge is 0.350 e. The van der Waals surface area contributed by atoms with Crippen LogP contribution >= 0.6 is 11.8 Å². The summed E-state index contributed by atoms with van der Waals surface area (Å²) in [5.74, 6) is -2.20. The van der Waals surface area contributed by atoms with Gasteiger partial charge in [0, 0.05) is 30.9 Å². The lowest BCUT2D eigenvalue weighted by Gasteiger charge is -2.13. The Morgan fingerprint density at radius 2 is 1.93 bits per heavy atom. The number of carbonyl (C=O) groups excluding carboxylic acids is 3. The van der Waals surface area contributed by atoms with Crippen molar-refractivity contribution in [2.24, 2.45) is 0 Å². The molecule has 0 saturated carbocycles. The molecule has 138 valence electrons. The number of aromatic nitrogens is 1. The van der Waals surface area contributed by atoms with Gasteiger partial charge >= 0.3 is 0 Å². The van der Waals surface area contributed by atoms with E-state index in [0.717, 1.165) is 22.7 Å². The predicted octanol–water partition coefficient (Wildman–Crippen LogP) is 2.83. The normalized spacial score (nSPS) is 15.5. The van der Waals surface area contributed by atoms with Crippen molar-refractivity contribution in [1.29, 1.82) is 0 Å². The van der Waals surface area contributed by atoms with E-state index in [2.05, 4.69) is 10.3 Å². The molecular formula is C18H13F2N3O3S. The van der Waals surface area contributed by atoms with E-state index in [9.17, 15) is 23.2 Å². The van der Waals surface area contributed by atoms with Crippen LogP contribution in [0.15, 0.2) is 47.5 Å². The Bertz CT molecular complexity index is 932. The van der Waals surface area contributed by atoms with Gasteiger partial charge in [-0.2, -0.15) is 4.39 Å². The molecule has 0 radical (unpaired) electrons. The summed E-state index contributed by atoms with van der Waals surface area (Å²) in [6, 6.07) is 7.85. The zero-order valence-corrected chi connectivity index (χ0v) is 14.6. The molecule has 1 aliphatic rings. The minimum atomic E-state index is -0.778. The van der Waals surface area contributed by atoms with Gasteiger partial charge in [-0.25, -0.2) is 9.37 Å². The van der Waals surface area contributed by atoms with Crippen LogP contribution in [-0.2, 0) is 4.79 Å². The average Bonchev–Trinajstić information content (AvgIpc) is 2.91. The first-order valence-corrected chi connectivity index (χ1v) is 8.66. The summed E-state index contributed by atoms with van der Waals surface area (Å²) >= 11 is 0.772. The number of pyridine rings is 1. The molecule has 1 aromatic carbocycles. The fourth-order valence-corrected chi connectivity index (χ4v) is 3.20. The first-order valence-electron chi connectivity index (χ1n) is 7.85. The van der Waals surface area contributed by atoms with Gasteiger partial charge in [0.2, 0.25) is 5.95 Å². The topological polar surface area (TPSA) is 79.4 Å². The Morgan fingerprint density at radius 3 is 2.63 bits per heavy atom. The summed E-state index contributed by atoms with van der Waals surface area (Å²) in [6.07, 6.45) is 2.67. The van der Waals surface area contributed by atoms with Gasteiger partial charge < -0.3 is 5.32 Å². The summed E-state index contributed by atoms with van der Waals surface area (Å²) in [6.45, 7) is -0.00459. The number of benzene rings is 1. The lowest BCUT2D eigenvalue weighted by atomic mass is 10.2. The number of imide groups is 1. The number of hydrogen-bond acceptors (Lipinski definition) is 5. The van der Waals surface area contributed by atoms with Gasteiger partial charge in [0.25, 0.3) is 17.1 Å². The Labute approximate surface area is 157 Å². The molecule has 3 amide bonds. The number of nitrogens with one attached hydrogen (secondary N) is 1. The number of hydrogen-bond donors (Lipinski definition) is 1. The minimum Gasteiger partial charge on any atom is -0.350 e. The van der Waals surface area contributed by atoms with E-state index in [4.69, 9.17) is 0 Å². The van der Waals surface area contributed by atoms with Crippen molar-refractivity contribution in [1.82, 2.24) is 15.2 Å². The second-order valence-corrected chi connectivity index (χ2v) is 6.50. The van der Waals surface area contributed by atoms with Gasteiger partial charge in [-0.15, -0.1) is 0 Å². The van der Waals surface area contributed by atoms with E-state index in [1.54, 1.807) is 0 Å². The number of nitrogens with zero attached hydrogens (tertiary/aromatic N) is 2. The van der Waals surface area contributed by atoms with Gasteiger partial charge in [-0.1, -0.05) is 12.1 Å². The van der Waals surface area contributed by atoms with Crippen molar-refractivity contribution in [2.45, 2.75) is 0 Å². The van der Waals surface area contributed by atoms with Gasteiger partial charge in [0.1, 0.15) is 5.82 Å². The Morgan fingerprint density at radius 1 is 1.19 bits per heavy atom. The van der Waals surface area contributed by atoms with Crippen LogP contribution in [0.1, 0.15) is 15.9 Å². The molecule has 1 N–H and O–H groups in total. The SMILES string of the molecule is O=C(NCCN1C(=O)SC(=Cc2ccc(F)cc2)C1=O)c1ccnc(F)c1. The number of carbonyl (C=O) groups is 3. The average molecular weight is 389 g/mol. The number of halogens is 2. The molecule has 0 aliphatic carbocycles. The molecule has 1 aliphatic heterocycles. The third-order valence-electron chi connectivity index (χ3n) is 3.65. The summed E-state index contributed by atoms with van der Waals surface area (Å²) < 4.78 is 26.0. The van der Waals surface area contributed by atoms with Crippen molar-refractivity contribution in [3.05, 3.63) is 70.4 Å². The van der Waals surface area contributed by atoms with Crippen molar-refractivity contribution in [2.75, 3.05) is 13.1 Å². The number of rotatable bonds is 5. The molecule has 0 spiro atoms. The Balaban J connectivity index is 1.59. The molecule has 0 unspecified atom stereocenters. The molecule has 9 heteroatoms. The van der Waals surface area contributed by atoms with Crippen LogP contribution in [0.25, 0.3) is 6.08 Å². The fraction of sp³-hybridized carbons (Fsp3) is 0.111. The third kappa shape index (κ3) is 4.56. The number of thioether (sulfide) groups is 1. The van der Waals surface area contributed by atoms with Crippen LogP contribution in [-0.4, -0.2) is 40.0 Å². The fourth-order valence-electron chi connectivity index (χ4n) is 2.33. The van der Waals surface area contributed by atoms with E-state index in [1.165, 1.54) is 42.6 Å². The van der Waals surface area contributed by atoms with Gasteiger partial charge in [-0.3, -0.25) is 19.3 Å². The van der Waals surface area contributed by atoms with Crippen molar-refractivity contribution in [3.63, 3.8) is 0 Å². The van der Waals surface area contributed by atoms with Crippen LogP contribution in [0, 0.1) is 11.8 Å². The minimum absolute atomic E-state index is 0.0185. The van der Waals surface area contributed by atoms with Crippen molar-refractivity contribution in [3.8, 4) is 0 Å². The highest BCUT2D eigenvalue weighted by Gasteiger charge is 2.34. The highest BCUT2D eigenvalue weighted by atomic mass is 32.2. The highest BCUT2D eigenvalue weighted by Crippen LogP contribution is 2.31. The molecule has 1 fully saturated rings. The zero-order chi connectivity index (χ0) is 19.4. The second-order valence-electron chi connectivity index (χ2n) is 5.51. The van der Waals surface area contributed by atoms with E-state index in [-0.39, 0.29) is 23.6 Å². The smallest absolute Gasteiger partial charge is 0.293 e. The summed E-state index contributed by atoms with van der Waals surface area (Å²) in [7, 11) is 0. The third-order valence-corrected chi connectivity index (χ3v) is 4.56. The van der Waals surface area contributed by atoms with Crippen molar-refractivity contribution >= 4 is 34.9 Å². The van der Waals surface area contributed by atoms with Crippen molar-refractivity contribution < 1.29 is 23.2 Å². The summed E-state index contributed by atoms with van der Waals surface area (Å²) in [4.78, 5) is 40.9. The highest BCUT2D eigenvalue weighted by molar-refractivity contribution is 8.18. The first kappa shape index (κ1) is 18.7. The maximum atomic E-state index is 13.0. The van der Waals surface area contributed by atoms with Crippen LogP contribution < -0.4 is 5.32 Å². The van der Waals surface area contributed by atoms with E-state index in [1.807, 2.05) is 0 Å². The summed E-state index contributed by atoms with van der Waals surface area (Å²) in [5.41, 5.74) is 0.683. The molecule has 27 heavy (non-hydrogen) atoms. The van der Waals surface area contributed by atoms with Crippen LogP contribution in [0.5, 0.6) is 0 Å². The first-order chi connectivity index (χ1) is 12.9. The van der Waals surface area contributed by atoms with E-state index in [0.29, 0.717) is 5.56 Å². The molecule has 2 heterocycles.